The number of fused-ring (bicyclic) bond motifs is 1. The second-order valence-corrected chi connectivity index (χ2v) is 4.68. The third-order valence-electron chi connectivity index (χ3n) is 2.95. The van der Waals surface area contributed by atoms with Gasteiger partial charge in [-0.25, -0.2) is 0 Å². The fourth-order valence-electron chi connectivity index (χ4n) is 1.95. The molecule has 3 aromatic rings. The van der Waals surface area contributed by atoms with Gasteiger partial charge >= 0.3 is 0 Å². The minimum atomic E-state index is 0.482. The number of H-pyrrole nitrogens is 1. The van der Waals surface area contributed by atoms with Crippen LogP contribution in [0.2, 0.25) is 5.02 Å². The van der Waals surface area contributed by atoms with Gasteiger partial charge in [-0.05, 0) is 18.2 Å². The number of aromatic amines is 1. The number of rotatable bonds is 4. The Morgan fingerprint density at radius 1 is 1.29 bits per heavy atom. The van der Waals surface area contributed by atoms with E-state index in [2.05, 4.69) is 30.8 Å². The molecule has 0 aliphatic heterocycles. The molecule has 0 unspecified atom stereocenters. The van der Waals surface area contributed by atoms with Crippen molar-refractivity contribution in [3.63, 3.8) is 0 Å². The molecule has 108 valence electrons. The summed E-state index contributed by atoms with van der Waals surface area (Å²) in [6.07, 6.45) is 1.66. The lowest BCUT2D eigenvalue weighted by Gasteiger charge is -2.12. The molecule has 0 atom stereocenters. The van der Waals surface area contributed by atoms with Crippen molar-refractivity contribution in [1.82, 2.24) is 20.2 Å². The van der Waals surface area contributed by atoms with E-state index in [0.717, 1.165) is 5.39 Å². The lowest BCUT2D eigenvalue weighted by Crippen LogP contribution is -2.02. The summed E-state index contributed by atoms with van der Waals surface area (Å²) in [7, 11) is 3.35. The Bertz CT molecular complexity index is 787. The highest BCUT2D eigenvalue weighted by molar-refractivity contribution is 6.31. The maximum absolute atomic E-state index is 6.04. The van der Waals surface area contributed by atoms with Crippen LogP contribution in [-0.2, 0) is 0 Å². The fraction of sp³-hybridized carbons (Fsp3) is 0.154. The molecule has 7 nitrogen and oxygen atoms in total. The first-order valence-electron chi connectivity index (χ1n) is 6.20. The van der Waals surface area contributed by atoms with Gasteiger partial charge in [-0.3, -0.25) is 5.10 Å². The summed E-state index contributed by atoms with van der Waals surface area (Å²) >= 11 is 6.04. The van der Waals surface area contributed by atoms with Gasteiger partial charge in [0.25, 0.3) is 0 Å². The Morgan fingerprint density at radius 3 is 2.90 bits per heavy atom. The van der Waals surface area contributed by atoms with Gasteiger partial charge in [-0.15, -0.1) is 0 Å². The maximum Gasteiger partial charge on any atom is 0.226 e. The van der Waals surface area contributed by atoms with E-state index in [9.17, 15) is 0 Å². The molecule has 8 heteroatoms. The van der Waals surface area contributed by atoms with Crippen LogP contribution in [0.1, 0.15) is 0 Å². The summed E-state index contributed by atoms with van der Waals surface area (Å²) < 4.78 is 5.32. The Morgan fingerprint density at radius 2 is 2.14 bits per heavy atom. The lowest BCUT2D eigenvalue weighted by atomic mass is 10.2. The number of halogens is 1. The number of benzene rings is 1. The van der Waals surface area contributed by atoms with Crippen LogP contribution in [0.15, 0.2) is 24.4 Å². The van der Waals surface area contributed by atoms with Gasteiger partial charge in [-0.2, -0.15) is 15.1 Å². The summed E-state index contributed by atoms with van der Waals surface area (Å²) in [4.78, 5) is 8.68. The Labute approximate surface area is 125 Å². The van der Waals surface area contributed by atoms with Crippen molar-refractivity contribution in [2.75, 3.05) is 24.8 Å². The standard InChI is InChI=1S/C13H13ClN6O/c1-15-13-18-11(8-6-16-20-12(8)19-13)17-9-5-7(14)3-4-10(9)21-2/h3-6H,1-2H3,(H3,15,16,17,18,19,20). The molecule has 0 amide bonds. The number of hydrogen-bond donors (Lipinski definition) is 3. The third-order valence-corrected chi connectivity index (χ3v) is 3.18. The Balaban J connectivity index is 2.09. The molecule has 0 radical (unpaired) electrons. The second-order valence-electron chi connectivity index (χ2n) is 4.25. The van der Waals surface area contributed by atoms with E-state index in [1.165, 1.54) is 0 Å². The van der Waals surface area contributed by atoms with Crippen LogP contribution in [0.25, 0.3) is 11.0 Å². The Kier molecular flexibility index (Phi) is 3.49. The summed E-state index contributed by atoms with van der Waals surface area (Å²) in [6, 6.07) is 5.32. The second kappa shape index (κ2) is 5.45. The predicted molar refractivity (Wildman–Crippen MR) is 82.5 cm³/mol. The SMILES string of the molecule is CNc1nc(Nc2cc(Cl)ccc2OC)c2cn[nH]c2n1. The van der Waals surface area contributed by atoms with Gasteiger partial charge in [0.15, 0.2) is 5.65 Å². The zero-order valence-corrected chi connectivity index (χ0v) is 12.2. The Hall–Kier alpha value is -2.54. The molecule has 0 saturated carbocycles. The van der Waals surface area contributed by atoms with Crippen molar-refractivity contribution in [2.24, 2.45) is 0 Å². The first-order chi connectivity index (χ1) is 10.2. The van der Waals surface area contributed by atoms with Crippen molar-refractivity contribution < 1.29 is 4.74 Å². The van der Waals surface area contributed by atoms with Crippen molar-refractivity contribution in [3.8, 4) is 5.75 Å². The van der Waals surface area contributed by atoms with E-state index in [1.54, 1.807) is 38.6 Å². The lowest BCUT2D eigenvalue weighted by molar-refractivity contribution is 0.417. The highest BCUT2D eigenvalue weighted by atomic mass is 35.5. The van der Waals surface area contributed by atoms with Crippen molar-refractivity contribution in [1.29, 1.82) is 0 Å². The van der Waals surface area contributed by atoms with Gasteiger partial charge in [0.1, 0.15) is 11.6 Å². The van der Waals surface area contributed by atoms with E-state index in [1.807, 2.05) is 0 Å². The average molecular weight is 305 g/mol. The molecule has 2 aromatic heterocycles. The van der Waals surface area contributed by atoms with Gasteiger partial charge in [0.05, 0.1) is 24.4 Å². The van der Waals surface area contributed by atoms with E-state index >= 15 is 0 Å². The number of ether oxygens (including phenoxy) is 1. The van der Waals surface area contributed by atoms with Crippen molar-refractivity contribution >= 4 is 40.1 Å². The molecule has 2 heterocycles. The molecular weight excluding hydrogens is 292 g/mol. The average Bonchev–Trinajstić information content (AvgIpc) is 2.96. The summed E-state index contributed by atoms with van der Waals surface area (Å²) in [6.45, 7) is 0. The third kappa shape index (κ3) is 2.55. The van der Waals surface area contributed by atoms with E-state index < -0.39 is 0 Å². The molecule has 0 aliphatic rings. The van der Waals surface area contributed by atoms with Crippen LogP contribution < -0.4 is 15.4 Å². The monoisotopic (exact) mass is 304 g/mol. The number of anilines is 3. The van der Waals surface area contributed by atoms with E-state index in [0.29, 0.717) is 33.9 Å². The molecule has 3 rings (SSSR count). The van der Waals surface area contributed by atoms with Crippen LogP contribution in [0.5, 0.6) is 5.75 Å². The van der Waals surface area contributed by atoms with Crippen molar-refractivity contribution in [3.05, 3.63) is 29.4 Å². The van der Waals surface area contributed by atoms with Gasteiger partial charge in [0.2, 0.25) is 5.95 Å². The largest absolute Gasteiger partial charge is 0.495 e. The molecule has 1 aromatic carbocycles. The minimum Gasteiger partial charge on any atom is -0.495 e. The van der Waals surface area contributed by atoms with Gasteiger partial charge < -0.3 is 15.4 Å². The minimum absolute atomic E-state index is 0.482. The number of nitrogens with zero attached hydrogens (tertiary/aromatic N) is 3. The molecule has 21 heavy (non-hydrogen) atoms. The predicted octanol–water partition coefficient (Wildman–Crippen LogP) is 2.80. The topological polar surface area (TPSA) is 87.8 Å². The number of aromatic nitrogens is 4. The van der Waals surface area contributed by atoms with Crippen LogP contribution >= 0.6 is 11.6 Å². The van der Waals surface area contributed by atoms with Crippen LogP contribution in [0, 0.1) is 0 Å². The highest BCUT2D eigenvalue weighted by Gasteiger charge is 2.11. The first kappa shape index (κ1) is 13.4. The molecule has 0 bridgehead atoms. The maximum atomic E-state index is 6.04. The molecule has 0 aliphatic carbocycles. The summed E-state index contributed by atoms with van der Waals surface area (Å²) in [5, 5.41) is 14.3. The summed E-state index contributed by atoms with van der Waals surface area (Å²) in [5.74, 6) is 1.76. The molecule has 3 N–H and O–H groups in total. The number of methoxy groups -OCH3 is 1. The van der Waals surface area contributed by atoms with Crippen LogP contribution in [0.3, 0.4) is 0 Å². The van der Waals surface area contributed by atoms with E-state index in [-0.39, 0.29) is 0 Å². The zero-order valence-electron chi connectivity index (χ0n) is 11.4. The molecular formula is C13H13ClN6O. The number of nitrogens with one attached hydrogen (secondary N) is 3. The zero-order chi connectivity index (χ0) is 14.8. The molecule has 0 saturated heterocycles. The fourth-order valence-corrected chi connectivity index (χ4v) is 2.12. The molecule has 0 fully saturated rings. The summed E-state index contributed by atoms with van der Waals surface area (Å²) in [5.41, 5.74) is 1.35. The van der Waals surface area contributed by atoms with Gasteiger partial charge in [0, 0.05) is 12.1 Å². The van der Waals surface area contributed by atoms with Crippen LogP contribution in [-0.4, -0.2) is 34.3 Å². The van der Waals surface area contributed by atoms with Crippen molar-refractivity contribution in [2.45, 2.75) is 0 Å². The van der Waals surface area contributed by atoms with E-state index in [4.69, 9.17) is 16.3 Å². The normalized spacial score (nSPS) is 10.6. The smallest absolute Gasteiger partial charge is 0.226 e. The quantitative estimate of drug-likeness (QED) is 0.687. The van der Waals surface area contributed by atoms with Gasteiger partial charge in [-0.1, -0.05) is 11.6 Å². The van der Waals surface area contributed by atoms with Crippen LogP contribution in [0.4, 0.5) is 17.5 Å². The first-order valence-corrected chi connectivity index (χ1v) is 6.58. The number of hydrogen-bond acceptors (Lipinski definition) is 6. The highest BCUT2D eigenvalue weighted by Crippen LogP contribution is 2.32. The molecule has 0 spiro atoms.